The zero-order valence-corrected chi connectivity index (χ0v) is 12.7. The summed E-state index contributed by atoms with van der Waals surface area (Å²) in [4.78, 5) is 11.1. The Morgan fingerprint density at radius 3 is 2.95 bits per heavy atom. The van der Waals surface area contributed by atoms with Crippen molar-refractivity contribution in [2.75, 3.05) is 32.5 Å². The van der Waals surface area contributed by atoms with Crippen molar-refractivity contribution < 1.29 is 0 Å². The molecule has 2 heterocycles. The highest BCUT2D eigenvalue weighted by Crippen LogP contribution is 2.23. The number of anilines is 1. The molecule has 6 nitrogen and oxygen atoms in total. The van der Waals surface area contributed by atoms with E-state index in [9.17, 15) is 0 Å². The number of H-pyrrole nitrogens is 1. The molecule has 1 aromatic carbocycles. The predicted octanol–water partition coefficient (Wildman–Crippen LogP) is 0.787. The number of aromatic nitrogens is 4. The third kappa shape index (κ3) is 3.09. The molecule has 110 valence electrons. The van der Waals surface area contributed by atoms with Gasteiger partial charge in [0.2, 0.25) is 0 Å². The third-order valence-electron chi connectivity index (χ3n) is 3.30. The molecule has 0 spiro atoms. The van der Waals surface area contributed by atoms with Crippen LogP contribution in [0.1, 0.15) is 0 Å². The second-order valence-corrected chi connectivity index (χ2v) is 5.38. The van der Waals surface area contributed by atoms with Gasteiger partial charge in [-0.05, 0) is 14.1 Å². The number of hydrogen-bond acceptors (Lipinski definition) is 5. The van der Waals surface area contributed by atoms with Gasteiger partial charge in [0.05, 0.1) is 11.9 Å². The van der Waals surface area contributed by atoms with Crippen molar-refractivity contribution in [2.45, 2.75) is 0 Å². The second kappa shape index (κ2) is 6.15. The van der Waals surface area contributed by atoms with Crippen LogP contribution in [0.15, 0.2) is 30.5 Å². The summed E-state index contributed by atoms with van der Waals surface area (Å²) in [5.41, 5.74) is 3.80. The van der Waals surface area contributed by atoms with Crippen molar-refractivity contribution >= 4 is 30.3 Å². The lowest BCUT2D eigenvalue weighted by Crippen LogP contribution is -2.21. The first-order valence-electron chi connectivity index (χ1n) is 7.09. The van der Waals surface area contributed by atoms with Gasteiger partial charge in [-0.25, -0.2) is 9.97 Å². The zero-order valence-electron chi connectivity index (χ0n) is 12.7. The van der Waals surface area contributed by atoms with Gasteiger partial charge in [-0.1, -0.05) is 29.7 Å². The number of rotatable bonds is 5. The first-order valence-corrected chi connectivity index (χ1v) is 7.09. The topological polar surface area (TPSA) is 69.7 Å². The lowest BCUT2D eigenvalue weighted by Gasteiger charge is -2.10. The number of fused-ring (bicyclic) bond motifs is 1. The van der Waals surface area contributed by atoms with Gasteiger partial charge in [0.1, 0.15) is 19.2 Å². The molecule has 0 aliphatic heterocycles. The van der Waals surface area contributed by atoms with Crippen LogP contribution in [0.4, 0.5) is 5.82 Å². The van der Waals surface area contributed by atoms with Crippen LogP contribution in [-0.2, 0) is 0 Å². The highest BCUT2D eigenvalue weighted by Gasteiger charge is 2.11. The summed E-state index contributed by atoms with van der Waals surface area (Å²) in [6.07, 6.45) is 1.70. The Morgan fingerprint density at radius 2 is 2.18 bits per heavy atom. The van der Waals surface area contributed by atoms with Crippen LogP contribution in [-0.4, -0.2) is 60.1 Å². The fourth-order valence-electron chi connectivity index (χ4n) is 2.18. The molecule has 0 bridgehead atoms. The Bertz CT molecular complexity index is 783. The van der Waals surface area contributed by atoms with E-state index in [0.29, 0.717) is 11.1 Å². The van der Waals surface area contributed by atoms with Crippen LogP contribution in [0, 0.1) is 0 Å². The van der Waals surface area contributed by atoms with Crippen LogP contribution < -0.4 is 10.8 Å². The van der Waals surface area contributed by atoms with Gasteiger partial charge in [-0.2, -0.15) is 5.10 Å². The highest BCUT2D eigenvalue weighted by molar-refractivity contribution is 6.32. The van der Waals surface area contributed by atoms with Crippen molar-refractivity contribution in [3.8, 4) is 11.3 Å². The molecule has 7 heteroatoms. The molecule has 2 aromatic heterocycles. The fourth-order valence-corrected chi connectivity index (χ4v) is 2.18. The number of aromatic amines is 1. The van der Waals surface area contributed by atoms with Crippen LogP contribution >= 0.6 is 0 Å². The fraction of sp³-hybridized carbons (Fsp3) is 0.267. The first kappa shape index (κ1) is 14.5. The van der Waals surface area contributed by atoms with Crippen molar-refractivity contribution in [3.05, 3.63) is 30.5 Å². The summed E-state index contributed by atoms with van der Waals surface area (Å²) in [5.74, 6) is 0.737. The lowest BCUT2D eigenvalue weighted by atomic mass is 9.94. The standard InChI is InChI=1S/C15H17BN6/c1-22(2)7-6-17-12-9-18-15-14(19-12)13(20-21-15)10-4-3-5-11(16)8-10/h3-5,8-9H,6-7H2,1-2H3,(H,17,19)(H,18,20,21). The minimum Gasteiger partial charge on any atom is -0.367 e. The molecule has 0 unspecified atom stereocenters. The van der Waals surface area contributed by atoms with Crippen LogP contribution in [0.3, 0.4) is 0 Å². The van der Waals surface area contributed by atoms with E-state index in [-0.39, 0.29) is 0 Å². The first-order chi connectivity index (χ1) is 10.6. The van der Waals surface area contributed by atoms with E-state index >= 15 is 0 Å². The predicted molar refractivity (Wildman–Crippen MR) is 89.6 cm³/mol. The zero-order chi connectivity index (χ0) is 15.5. The summed E-state index contributed by atoms with van der Waals surface area (Å²) in [6.45, 7) is 1.73. The third-order valence-corrected chi connectivity index (χ3v) is 3.30. The van der Waals surface area contributed by atoms with E-state index in [4.69, 9.17) is 7.85 Å². The Morgan fingerprint density at radius 1 is 1.32 bits per heavy atom. The largest absolute Gasteiger partial charge is 0.367 e. The molecule has 0 saturated heterocycles. The minimum atomic E-state index is 0.593. The van der Waals surface area contributed by atoms with E-state index in [1.807, 2.05) is 38.4 Å². The van der Waals surface area contributed by atoms with E-state index in [2.05, 4.69) is 30.4 Å². The number of hydrogen-bond donors (Lipinski definition) is 2. The molecule has 0 fully saturated rings. The normalized spacial score (nSPS) is 11.2. The molecule has 22 heavy (non-hydrogen) atoms. The smallest absolute Gasteiger partial charge is 0.200 e. The van der Waals surface area contributed by atoms with E-state index in [1.54, 1.807) is 6.20 Å². The molecular formula is C15H17BN6. The summed E-state index contributed by atoms with van der Waals surface area (Å²) < 4.78 is 0. The van der Waals surface area contributed by atoms with Crippen LogP contribution in [0.2, 0.25) is 0 Å². The van der Waals surface area contributed by atoms with E-state index in [1.165, 1.54) is 0 Å². The number of nitrogens with zero attached hydrogens (tertiary/aromatic N) is 4. The Balaban J connectivity index is 1.92. The number of benzene rings is 1. The summed E-state index contributed by atoms with van der Waals surface area (Å²) >= 11 is 0. The minimum absolute atomic E-state index is 0.593. The molecule has 0 atom stereocenters. The molecule has 2 radical (unpaired) electrons. The Labute approximate surface area is 130 Å². The van der Waals surface area contributed by atoms with Crippen LogP contribution in [0.5, 0.6) is 0 Å². The Hall–Kier alpha value is -2.41. The molecule has 2 N–H and O–H groups in total. The maximum Gasteiger partial charge on any atom is 0.200 e. The molecule has 3 aromatic rings. The molecule has 0 amide bonds. The van der Waals surface area contributed by atoms with E-state index in [0.717, 1.165) is 35.7 Å². The SMILES string of the molecule is [B]c1cccc(-c2[nH]nc3ncc(NCCN(C)C)nc23)c1. The molecule has 0 saturated carbocycles. The van der Waals surface area contributed by atoms with Gasteiger partial charge in [0, 0.05) is 18.7 Å². The van der Waals surface area contributed by atoms with Gasteiger partial charge >= 0.3 is 0 Å². The van der Waals surface area contributed by atoms with Crippen molar-refractivity contribution in [1.82, 2.24) is 25.1 Å². The summed E-state index contributed by atoms with van der Waals surface area (Å²) in [7, 11) is 9.91. The number of nitrogens with one attached hydrogen (secondary N) is 2. The van der Waals surface area contributed by atoms with Gasteiger partial charge in [-0.3, -0.25) is 5.10 Å². The Kier molecular flexibility index (Phi) is 4.06. The molecular weight excluding hydrogens is 275 g/mol. The lowest BCUT2D eigenvalue weighted by molar-refractivity contribution is 0.425. The average molecular weight is 292 g/mol. The maximum absolute atomic E-state index is 5.85. The molecule has 0 aliphatic rings. The second-order valence-electron chi connectivity index (χ2n) is 5.38. The highest BCUT2D eigenvalue weighted by atomic mass is 15.2. The number of likely N-dealkylation sites (N-methyl/N-ethyl adjacent to an activating group) is 1. The van der Waals surface area contributed by atoms with Crippen molar-refractivity contribution in [2.24, 2.45) is 0 Å². The molecule has 0 aliphatic carbocycles. The van der Waals surface area contributed by atoms with Crippen LogP contribution in [0.25, 0.3) is 22.4 Å². The van der Waals surface area contributed by atoms with Gasteiger partial charge in [0.15, 0.2) is 5.65 Å². The monoisotopic (exact) mass is 292 g/mol. The van der Waals surface area contributed by atoms with E-state index < -0.39 is 0 Å². The average Bonchev–Trinajstić information content (AvgIpc) is 2.90. The summed E-state index contributed by atoms with van der Waals surface area (Å²) in [6, 6.07) is 7.61. The summed E-state index contributed by atoms with van der Waals surface area (Å²) in [5, 5.41) is 10.5. The van der Waals surface area contributed by atoms with Gasteiger partial charge in [0.25, 0.3) is 0 Å². The maximum atomic E-state index is 5.85. The van der Waals surface area contributed by atoms with Gasteiger partial charge < -0.3 is 10.2 Å². The van der Waals surface area contributed by atoms with Gasteiger partial charge in [-0.15, -0.1) is 0 Å². The quantitative estimate of drug-likeness (QED) is 0.680. The molecule has 3 rings (SSSR count). The van der Waals surface area contributed by atoms with Crippen molar-refractivity contribution in [3.63, 3.8) is 0 Å². The van der Waals surface area contributed by atoms with Crippen molar-refractivity contribution in [1.29, 1.82) is 0 Å².